The minimum atomic E-state index is -0.175. The first kappa shape index (κ1) is 15.8. The van der Waals surface area contributed by atoms with E-state index in [0.29, 0.717) is 31.2 Å². The number of benzene rings is 1. The van der Waals surface area contributed by atoms with Crippen LogP contribution >= 0.6 is 11.3 Å². The predicted molar refractivity (Wildman–Crippen MR) is 89.1 cm³/mol. The molecule has 3 N–H and O–H groups in total. The number of nitrogens with two attached hydrogens (primary N) is 1. The SMILES string of the molecule is CC(N)CCNC(=O)c1csc(-c2ccc3c(c2)OCCO3)n1. The highest BCUT2D eigenvalue weighted by atomic mass is 32.1. The number of fused-ring (bicyclic) bond motifs is 1. The molecule has 0 spiro atoms. The molecule has 1 amide bonds. The lowest BCUT2D eigenvalue weighted by Crippen LogP contribution is -2.29. The Morgan fingerprint density at radius 2 is 2.17 bits per heavy atom. The first-order chi connectivity index (χ1) is 11.1. The van der Waals surface area contributed by atoms with Gasteiger partial charge in [-0.1, -0.05) is 0 Å². The normalized spacial score (nSPS) is 14.3. The third-order valence-corrected chi connectivity index (χ3v) is 4.30. The first-order valence-corrected chi connectivity index (χ1v) is 8.41. The maximum Gasteiger partial charge on any atom is 0.270 e. The van der Waals surface area contributed by atoms with Crippen LogP contribution in [0.4, 0.5) is 0 Å². The van der Waals surface area contributed by atoms with Gasteiger partial charge in [-0.15, -0.1) is 11.3 Å². The average Bonchev–Trinajstić information content (AvgIpc) is 3.04. The topological polar surface area (TPSA) is 86.5 Å². The lowest BCUT2D eigenvalue weighted by atomic mass is 10.2. The van der Waals surface area contributed by atoms with Crippen LogP contribution in [0.15, 0.2) is 23.6 Å². The first-order valence-electron chi connectivity index (χ1n) is 7.53. The zero-order chi connectivity index (χ0) is 16.2. The van der Waals surface area contributed by atoms with Crippen molar-refractivity contribution in [3.05, 3.63) is 29.3 Å². The molecule has 1 atom stereocenters. The molecule has 1 aliphatic rings. The number of hydrogen-bond donors (Lipinski definition) is 2. The van der Waals surface area contributed by atoms with Crippen molar-refractivity contribution in [3.63, 3.8) is 0 Å². The molecule has 1 aliphatic heterocycles. The van der Waals surface area contributed by atoms with Gasteiger partial charge in [-0.05, 0) is 31.5 Å². The number of hydrogen-bond acceptors (Lipinski definition) is 6. The largest absolute Gasteiger partial charge is 0.486 e. The van der Waals surface area contributed by atoms with Crippen molar-refractivity contribution in [2.24, 2.45) is 5.73 Å². The maximum atomic E-state index is 12.1. The second kappa shape index (κ2) is 6.97. The van der Waals surface area contributed by atoms with Gasteiger partial charge < -0.3 is 20.5 Å². The monoisotopic (exact) mass is 333 g/mol. The van der Waals surface area contributed by atoms with Crippen LogP contribution in [0.1, 0.15) is 23.8 Å². The fourth-order valence-corrected chi connectivity index (χ4v) is 2.99. The number of rotatable bonds is 5. The molecule has 0 bridgehead atoms. The Bertz CT molecular complexity index is 700. The van der Waals surface area contributed by atoms with Crippen molar-refractivity contribution in [3.8, 4) is 22.1 Å². The summed E-state index contributed by atoms with van der Waals surface area (Å²) in [5.74, 6) is 1.28. The van der Waals surface area contributed by atoms with E-state index in [0.717, 1.165) is 22.7 Å². The molecule has 1 aromatic heterocycles. The summed E-state index contributed by atoms with van der Waals surface area (Å²) in [5, 5.41) is 5.36. The van der Waals surface area contributed by atoms with Crippen LogP contribution in [0.3, 0.4) is 0 Å². The summed E-state index contributed by atoms with van der Waals surface area (Å²) >= 11 is 1.43. The minimum absolute atomic E-state index is 0.0685. The Labute approximate surface area is 138 Å². The molecule has 7 heteroatoms. The molecule has 23 heavy (non-hydrogen) atoms. The molecule has 2 heterocycles. The summed E-state index contributed by atoms with van der Waals surface area (Å²) in [6.45, 7) is 3.57. The molecule has 1 aromatic carbocycles. The lowest BCUT2D eigenvalue weighted by Gasteiger charge is -2.18. The Balaban J connectivity index is 1.70. The molecule has 6 nitrogen and oxygen atoms in total. The minimum Gasteiger partial charge on any atom is -0.486 e. The quantitative estimate of drug-likeness (QED) is 0.874. The molecule has 0 saturated heterocycles. The van der Waals surface area contributed by atoms with Crippen molar-refractivity contribution < 1.29 is 14.3 Å². The van der Waals surface area contributed by atoms with E-state index >= 15 is 0 Å². The predicted octanol–water partition coefficient (Wildman–Crippen LogP) is 2.05. The third kappa shape index (κ3) is 3.80. The molecular formula is C16H19N3O3S. The van der Waals surface area contributed by atoms with E-state index in [4.69, 9.17) is 15.2 Å². The van der Waals surface area contributed by atoms with Crippen LogP contribution in [0.2, 0.25) is 0 Å². The molecule has 122 valence electrons. The number of thiazole rings is 1. The summed E-state index contributed by atoms with van der Waals surface area (Å²) in [6.07, 6.45) is 0.741. The Hall–Kier alpha value is -2.12. The molecule has 2 aromatic rings. The van der Waals surface area contributed by atoms with Gasteiger partial charge in [0.15, 0.2) is 11.5 Å². The molecule has 3 rings (SSSR count). The molecule has 0 radical (unpaired) electrons. The molecule has 0 fully saturated rings. The van der Waals surface area contributed by atoms with Crippen molar-refractivity contribution in [2.45, 2.75) is 19.4 Å². The third-order valence-electron chi connectivity index (χ3n) is 3.41. The van der Waals surface area contributed by atoms with E-state index in [2.05, 4.69) is 10.3 Å². The number of carbonyl (C=O) groups is 1. The van der Waals surface area contributed by atoms with E-state index in [9.17, 15) is 4.79 Å². The van der Waals surface area contributed by atoms with Gasteiger partial charge in [0.05, 0.1) is 0 Å². The Kier molecular flexibility index (Phi) is 4.78. The average molecular weight is 333 g/mol. The summed E-state index contributed by atoms with van der Waals surface area (Å²) in [5.41, 5.74) is 7.00. The Morgan fingerprint density at radius 3 is 2.96 bits per heavy atom. The van der Waals surface area contributed by atoms with Gasteiger partial charge in [0.25, 0.3) is 5.91 Å². The summed E-state index contributed by atoms with van der Waals surface area (Å²) in [6, 6.07) is 5.75. The van der Waals surface area contributed by atoms with Crippen LogP contribution in [-0.2, 0) is 0 Å². The van der Waals surface area contributed by atoms with Gasteiger partial charge in [0.2, 0.25) is 0 Å². The van der Waals surface area contributed by atoms with Crippen LogP contribution in [0.25, 0.3) is 10.6 Å². The highest BCUT2D eigenvalue weighted by molar-refractivity contribution is 7.13. The summed E-state index contributed by atoms with van der Waals surface area (Å²) in [4.78, 5) is 16.5. The smallest absolute Gasteiger partial charge is 0.270 e. The number of ether oxygens (including phenoxy) is 2. The number of aromatic nitrogens is 1. The van der Waals surface area contributed by atoms with E-state index in [1.807, 2.05) is 25.1 Å². The fraction of sp³-hybridized carbons (Fsp3) is 0.375. The van der Waals surface area contributed by atoms with E-state index in [1.165, 1.54) is 11.3 Å². The zero-order valence-electron chi connectivity index (χ0n) is 12.9. The molecule has 0 aliphatic carbocycles. The van der Waals surface area contributed by atoms with Crippen molar-refractivity contribution in [1.29, 1.82) is 0 Å². The molecule has 1 unspecified atom stereocenters. The number of amides is 1. The zero-order valence-corrected chi connectivity index (χ0v) is 13.7. The van der Waals surface area contributed by atoms with Gasteiger partial charge in [-0.2, -0.15) is 0 Å². The Morgan fingerprint density at radius 1 is 1.39 bits per heavy atom. The fourth-order valence-electron chi connectivity index (χ4n) is 2.19. The maximum absolute atomic E-state index is 12.1. The number of nitrogens with one attached hydrogen (secondary N) is 1. The second-order valence-electron chi connectivity index (χ2n) is 5.42. The van der Waals surface area contributed by atoms with Gasteiger partial charge >= 0.3 is 0 Å². The van der Waals surface area contributed by atoms with E-state index in [-0.39, 0.29) is 11.9 Å². The highest BCUT2D eigenvalue weighted by Gasteiger charge is 2.15. The standard InChI is InChI=1S/C16H19N3O3S/c1-10(17)4-5-18-15(20)12-9-23-16(19-12)11-2-3-13-14(8-11)22-7-6-21-13/h2-3,8-10H,4-7,17H2,1H3,(H,18,20). The van der Waals surface area contributed by atoms with Crippen LogP contribution in [-0.4, -0.2) is 36.7 Å². The van der Waals surface area contributed by atoms with Gasteiger partial charge in [-0.25, -0.2) is 4.98 Å². The van der Waals surface area contributed by atoms with E-state index in [1.54, 1.807) is 5.38 Å². The van der Waals surface area contributed by atoms with Crippen molar-refractivity contribution in [1.82, 2.24) is 10.3 Å². The lowest BCUT2D eigenvalue weighted by molar-refractivity contribution is 0.0948. The number of carbonyl (C=O) groups excluding carboxylic acids is 1. The molecule has 0 saturated carbocycles. The second-order valence-corrected chi connectivity index (χ2v) is 6.28. The van der Waals surface area contributed by atoms with Crippen LogP contribution in [0, 0.1) is 0 Å². The van der Waals surface area contributed by atoms with Crippen molar-refractivity contribution in [2.75, 3.05) is 19.8 Å². The van der Waals surface area contributed by atoms with Crippen molar-refractivity contribution >= 4 is 17.2 Å². The summed E-state index contributed by atoms with van der Waals surface area (Å²) in [7, 11) is 0. The molecular weight excluding hydrogens is 314 g/mol. The van der Waals surface area contributed by atoms with Gasteiger partial charge in [0.1, 0.15) is 23.9 Å². The van der Waals surface area contributed by atoms with Crippen LogP contribution < -0.4 is 20.5 Å². The van der Waals surface area contributed by atoms with E-state index < -0.39 is 0 Å². The van der Waals surface area contributed by atoms with Crippen LogP contribution in [0.5, 0.6) is 11.5 Å². The summed E-state index contributed by atoms with van der Waals surface area (Å²) < 4.78 is 11.1. The van der Waals surface area contributed by atoms with Gasteiger partial charge in [0, 0.05) is 23.5 Å². The highest BCUT2D eigenvalue weighted by Crippen LogP contribution is 2.35. The number of nitrogens with zero attached hydrogens (tertiary/aromatic N) is 1. The van der Waals surface area contributed by atoms with Gasteiger partial charge in [-0.3, -0.25) is 4.79 Å².